The third-order valence-corrected chi connectivity index (χ3v) is 6.88. The van der Waals surface area contributed by atoms with Gasteiger partial charge >= 0.3 is 5.97 Å². The Balaban J connectivity index is 1.57. The van der Waals surface area contributed by atoms with Crippen molar-refractivity contribution >= 4 is 17.4 Å². The van der Waals surface area contributed by atoms with Crippen molar-refractivity contribution in [3.63, 3.8) is 0 Å². The van der Waals surface area contributed by atoms with Crippen LogP contribution in [-0.4, -0.2) is 25.4 Å². The number of allylic oxidation sites excluding steroid dienone is 1. The van der Waals surface area contributed by atoms with E-state index in [0.717, 1.165) is 37.1 Å². The smallest absolute Gasteiger partial charge is 0.309 e. The van der Waals surface area contributed by atoms with Crippen LogP contribution in [0.5, 0.6) is 0 Å². The van der Waals surface area contributed by atoms with E-state index in [-0.39, 0.29) is 35.1 Å². The van der Waals surface area contributed by atoms with Crippen LogP contribution >= 0.6 is 0 Å². The maximum atomic E-state index is 12.6. The minimum Gasteiger partial charge on any atom is -0.457 e. The number of ether oxygens (including phenoxy) is 1. The highest BCUT2D eigenvalue weighted by molar-refractivity contribution is 5.94. The van der Waals surface area contributed by atoms with Gasteiger partial charge in [0.15, 0.2) is 12.4 Å². The van der Waals surface area contributed by atoms with Crippen LogP contribution in [0.3, 0.4) is 0 Å². The van der Waals surface area contributed by atoms with E-state index < -0.39 is 0 Å². The van der Waals surface area contributed by atoms with Gasteiger partial charge in [0, 0.05) is 29.9 Å². The van der Waals surface area contributed by atoms with Crippen molar-refractivity contribution in [3.8, 4) is 0 Å². The standard InChI is InChI=1S/C25H35NO3/c1-24(2,3)18-13-11-17(12-14-18)23(28)29-16-19(27)15-22-25(4,5)20-9-7-8-10-21(20)26(22)6/h7-10,15,17-18H,11-14,16H2,1-6H3. The largest absolute Gasteiger partial charge is 0.457 e. The van der Waals surface area contributed by atoms with E-state index in [0.29, 0.717) is 5.92 Å². The van der Waals surface area contributed by atoms with Gasteiger partial charge in [0.05, 0.1) is 5.92 Å². The van der Waals surface area contributed by atoms with Crippen LogP contribution in [0, 0.1) is 17.3 Å². The average Bonchev–Trinajstić information content (AvgIpc) is 2.86. The maximum Gasteiger partial charge on any atom is 0.309 e. The fourth-order valence-corrected chi connectivity index (χ4v) is 4.91. The number of carbonyl (C=O) groups is 2. The van der Waals surface area contributed by atoms with Gasteiger partial charge in [-0.05, 0) is 48.6 Å². The summed E-state index contributed by atoms with van der Waals surface area (Å²) in [5.74, 6) is 0.208. The first kappa shape index (κ1) is 21.6. The summed E-state index contributed by atoms with van der Waals surface area (Å²) in [4.78, 5) is 27.1. The van der Waals surface area contributed by atoms with Crippen molar-refractivity contribution in [1.82, 2.24) is 0 Å². The van der Waals surface area contributed by atoms with Crippen LogP contribution in [0.15, 0.2) is 36.0 Å². The molecule has 3 rings (SSSR count). The molecule has 1 saturated carbocycles. The zero-order valence-electron chi connectivity index (χ0n) is 18.7. The summed E-state index contributed by atoms with van der Waals surface area (Å²) in [6, 6.07) is 8.20. The Kier molecular flexibility index (Phi) is 5.93. The molecule has 1 fully saturated rings. The molecule has 0 spiro atoms. The molecular weight excluding hydrogens is 362 g/mol. The Morgan fingerprint density at radius 2 is 1.76 bits per heavy atom. The molecular formula is C25H35NO3. The Bertz CT molecular complexity index is 808. The zero-order chi connectivity index (χ0) is 21.4. The molecule has 1 aromatic rings. The average molecular weight is 398 g/mol. The van der Waals surface area contributed by atoms with Crippen molar-refractivity contribution in [3.05, 3.63) is 41.6 Å². The van der Waals surface area contributed by atoms with E-state index in [4.69, 9.17) is 4.74 Å². The first-order valence-corrected chi connectivity index (χ1v) is 10.8. The lowest BCUT2D eigenvalue weighted by atomic mass is 9.70. The van der Waals surface area contributed by atoms with Gasteiger partial charge < -0.3 is 9.64 Å². The summed E-state index contributed by atoms with van der Waals surface area (Å²) in [5.41, 5.74) is 3.29. The van der Waals surface area contributed by atoms with Crippen molar-refractivity contribution in [2.24, 2.45) is 17.3 Å². The van der Waals surface area contributed by atoms with E-state index in [2.05, 4.69) is 51.7 Å². The van der Waals surface area contributed by atoms with E-state index in [1.54, 1.807) is 6.08 Å². The third kappa shape index (κ3) is 4.41. The van der Waals surface area contributed by atoms with E-state index in [1.807, 2.05) is 19.2 Å². The number of rotatable bonds is 4. The molecule has 0 radical (unpaired) electrons. The lowest BCUT2D eigenvalue weighted by Gasteiger charge is -2.36. The summed E-state index contributed by atoms with van der Waals surface area (Å²) < 4.78 is 5.40. The van der Waals surface area contributed by atoms with Crippen molar-refractivity contribution in [1.29, 1.82) is 0 Å². The van der Waals surface area contributed by atoms with Gasteiger partial charge in [-0.15, -0.1) is 0 Å². The second-order valence-electron chi connectivity index (χ2n) is 10.2. The number of nitrogens with zero attached hydrogens (tertiary/aromatic N) is 1. The van der Waals surface area contributed by atoms with Crippen LogP contribution in [-0.2, 0) is 19.7 Å². The number of para-hydroxylation sites is 1. The lowest BCUT2D eigenvalue weighted by molar-refractivity contribution is -0.152. The number of benzene rings is 1. The normalized spacial score (nSPS) is 25.0. The topological polar surface area (TPSA) is 46.6 Å². The molecule has 0 aromatic heterocycles. The summed E-state index contributed by atoms with van der Waals surface area (Å²) >= 11 is 0. The van der Waals surface area contributed by atoms with Gasteiger partial charge in [0.2, 0.25) is 0 Å². The predicted octanol–water partition coefficient (Wildman–Crippen LogP) is 5.26. The number of fused-ring (bicyclic) bond motifs is 1. The van der Waals surface area contributed by atoms with E-state index >= 15 is 0 Å². The van der Waals surface area contributed by atoms with E-state index in [9.17, 15) is 9.59 Å². The molecule has 0 amide bonds. The fraction of sp³-hybridized carbons (Fsp3) is 0.600. The zero-order valence-corrected chi connectivity index (χ0v) is 18.7. The van der Waals surface area contributed by atoms with Crippen LogP contribution in [0.4, 0.5) is 5.69 Å². The Labute approximate surface area is 175 Å². The van der Waals surface area contributed by atoms with Crippen molar-refractivity contribution in [2.45, 2.75) is 65.7 Å². The molecule has 0 unspecified atom stereocenters. The first-order chi connectivity index (χ1) is 13.5. The molecule has 1 aliphatic carbocycles. The van der Waals surface area contributed by atoms with Gasteiger partial charge in [-0.1, -0.05) is 52.8 Å². The summed E-state index contributed by atoms with van der Waals surface area (Å²) in [6.07, 6.45) is 5.48. The molecule has 1 aliphatic heterocycles. The molecule has 4 nitrogen and oxygen atoms in total. The Morgan fingerprint density at radius 3 is 2.34 bits per heavy atom. The quantitative estimate of drug-likeness (QED) is 0.513. The fourth-order valence-electron chi connectivity index (χ4n) is 4.91. The number of hydrogen-bond acceptors (Lipinski definition) is 4. The second-order valence-corrected chi connectivity index (χ2v) is 10.2. The number of carbonyl (C=O) groups excluding carboxylic acids is 2. The highest BCUT2D eigenvalue weighted by Gasteiger charge is 2.38. The Hall–Kier alpha value is -2.10. The highest BCUT2D eigenvalue weighted by Crippen LogP contribution is 2.46. The Morgan fingerprint density at radius 1 is 1.14 bits per heavy atom. The summed E-state index contributed by atoms with van der Waals surface area (Å²) in [7, 11) is 1.98. The number of hydrogen-bond donors (Lipinski definition) is 0. The molecule has 1 aromatic carbocycles. The van der Waals surface area contributed by atoms with Gasteiger partial charge in [-0.3, -0.25) is 9.59 Å². The van der Waals surface area contributed by atoms with E-state index in [1.165, 1.54) is 5.56 Å². The molecule has 29 heavy (non-hydrogen) atoms. The van der Waals surface area contributed by atoms with Crippen molar-refractivity contribution in [2.75, 3.05) is 18.6 Å². The van der Waals surface area contributed by atoms with Crippen LogP contribution in [0.25, 0.3) is 0 Å². The maximum absolute atomic E-state index is 12.6. The SMILES string of the molecule is CN1C(=CC(=O)COC(=O)C2CCC(C(C)(C)C)CC2)C(C)(C)c2ccccc21. The number of anilines is 1. The number of esters is 1. The molecule has 2 aliphatic rings. The molecule has 4 heteroatoms. The minimum absolute atomic E-state index is 0.0658. The van der Waals surface area contributed by atoms with Gasteiger partial charge in [-0.2, -0.15) is 0 Å². The lowest BCUT2D eigenvalue weighted by Crippen LogP contribution is -2.30. The van der Waals surface area contributed by atoms with Gasteiger partial charge in [-0.25, -0.2) is 0 Å². The number of likely N-dealkylation sites (N-methyl/N-ethyl adjacent to an activating group) is 1. The number of ketones is 1. The molecule has 0 N–H and O–H groups in total. The van der Waals surface area contributed by atoms with Gasteiger partial charge in [0.1, 0.15) is 0 Å². The molecule has 0 bridgehead atoms. The summed E-state index contributed by atoms with van der Waals surface area (Å²) in [6.45, 7) is 10.9. The summed E-state index contributed by atoms with van der Waals surface area (Å²) in [5, 5.41) is 0. The molecule has 0 saturated heterocycles. The monoisotopic (exact) mass is 397 g/mol. The predicted molar refractivity (Wildman–Crippen MR) is 117 cm³/mol. The second kappa shape index (κ2) is 7.97. The molecule has 1 heterocycles. The molecule has 0 atom stereocenters. The van der Waals surface area contributed by atoms with Crippen LogP contribution in [0.2, 0.25) is 0 Å². The van der Waals surface area contributed by atoms with Crippen LogP contribution < -0.4 is 4.90 Å². The molecule has 158 valence electrons. The third-order valence-electron chi connectivity index (χ3n) is 6.88. The highest BCUT2D eigenvalue weighted by atomic mass is 16.5. The van der Waals surface area contributed by atoms with Gasteiger partial charge in [0.25, 0.3) is 0 Å². The van der Waals surface area contributed by atoms with Crippen molar-refractivity contribution < 1.29 is 14.3 Å². The minimum atomic E-state index is -0.254. The first-order valence-electron chi connectivity index (χ1n) is 10.8. The van der Waals surface area contributed by atoms with Crippen LogP contribution in [0.1, 0.15) is 65.9 Å².